The second-order valence-electron chi connectivity index (χ2n) is 13.6. The summed E-state index contributed by atoms with van der Waals surface area (Å²) >= 11 is 12.6. The molecule has 3 aromatic rings. The Kier molecular flexibility index (Phi) is 13.1. The largest absolute Gasteiger partial charge is 0.339 e. The fourth-order valence-electron chi connectivity index (χ4n) is 5.64. The number of amides is 1. The van der Waals surface area contributed by atoms with Gasteiger partial charge < -0.3 is 9.30 Å². The van der Waals surface area contributed by atoms with Gasteiger partial charge >= 0.3 is 0 Å². The van der Waals surface area contributed by atoms with Crippen molar-refractivity contribution in [3.63, 3.8) is 0 Å². The Hall–Kier alpha value is -1.03. The first-order chi connectivity index (χ1) is 20.1. The van der Waals surface area contributed by atoms with Gasteiger partial charge in [0.25, 0.3) is 5.91 Å². The molecular weight excluding hydrogens is 754 g/mol. The van der Waals surface area contributed by atoms with E-state index in [1.54, 1.807) is 11.3 Å². The minimum absolute atomic E-state index is 0.0534. The molecule has 1 unspecified atom stereocenters. The van der Waals surface area contributed by atoms with Crippen molar-refractivity contribution < 1.29 is 9.59 Å². The summed E-state index contributed by atoms with van der Waals surface area (Å²) in [6.07, 6.45) is 10.5. The van der Waals surface area contributed by atoms with E-state index in [9.17, 15) is 9.59 Å². The molecule has 0 aliphatic heterocycles. The lowest BCUT2D eigenvalue weighted by atomic mass is 9.82. The normalized spacial score (nSPS) is 15.2. The topological polar surface area (TPSA) is 54.7 Å². The van der Waals surface area contributed by atoms with Gasteiger partial charge in [-0.15, -0.1) is 11.3 Å². The van der Waals surface area contributed by atoms with Crippen LogP contribution in [0.5, 0.6) is 0 Å². The first-order valence-corrected chi connectivity index (χ1v) is 18.9. The fourth-order valence-corrected chi connectivity index (χ4v) is 9.18. The van der Waals surface area contributed by atoms with Gasteiger partial charge in [0.05, 0.1) is 20.0 Å². The molecule has 1 aliphatic rings. The van der Waals surface area contributed by atoms with Gasteiger partial charge in [0.1, 0.15) is 5.65 Å². The molecule has 43 heavy (non-hydrogen) atoms. The molecule has 3 heterocycles. The van der Waals surface area contributed by atoms with E-state index in [0.29, 0.717) is 24.4 Å². The molecule has 0 N–H and O–H groups in total. The summed E-state index contributed by atoms with van der Waals surface area (Å²) in [6.45, 7) is 18.0. The molecule has 1 aliphatic carbocycles. The average Bonchev–Trinajstić information content (AvgIpc) is 3.48. The number of carbonyl (C=O) groups is 2. The zero-order valence-electron chi connectivity index (χ0n) is 27.0. The van der Waals surface area contributed by atoms with Gasteiger partial charge in [-0.3, -0.25) is 9.59 Å². The van der Waals surface area contributed by atoms with Crippen LogP contribution in [0, 0.1) is 11.3 Å². The van der Waals surface area contributed by atoms with Crippen LogP contribution in [0.3, 0.4) is 0 Å². The first-order valence-electron chi connectivity index (χ1n) is 15.5. The van der Waals surface area contributed by atoms with E-state index in [1.165, 1.54) is 37.7 Å². The lowest BCUT2D eigenvalue weighted by Crippen LogP contribution is -2.30. The maximum absolute atomic E-state index is 12.8. The highest BCUT2D eigenvalue weighted by Crippen LogP contribution is 2.36. The van der Waals surface area contributed by atoms with E-state index >= 15 is 0 Å². The van der Waals surface area contributed by atoms with Crippen molar-refractivity contribution in [3.05, 3.63) is 54.5 Å². The van der Waals surface area contributed by atoms with Crippen molar-refractivity contribution in [3.8, 4) is 0 Å². The van der Waals surface area contributed by atoms with E-state index in [1.807, 2.05) is 57.8 Å². The Morgan fingerprint density at radius 1 is 1.07 bits per heavy atom. The molecule has 0 aromatic carbocycles. The monoisotopic (exact) mass is 799 g/mol. The third-order valence-corrected chi connectivity index (χ3v) is 11.8. The van der Waals surface area contributed by atoms with Crippen LogP contribution in [0.1, 0.15) is 121 Å². The molecule has 1 saturated carbocycles. The van der Waals surface area contributed by atoms with E-state index in [-0.39, 0.29) is 21.6 Å². The van der Waals surface area contributed by atoms with Crippen LogP contribution in [0.15, 0.2) is 32.0 Å². The summed E-state index contributed by atoms with van der Waals surface area (Å²) in [5, 5.41) is 2.10. The van der Waals surface area contributed by atoms with E-state index in [2.05, 4.69) is 78.3 Å². The number of pyridine rings is 1. The van der Waals surface area contributed by atoms with Gasteiger partial charge in [0.2, 0.25) is 0 Å². The highest BCUT2D eigenvalue weighted by molar-refractivity contribution is 9.11. The smallest absolute Gasteiger partial charge is 0.254 e. The van der Waals surface area contributed by atoms with Crippen LogP contribution in [0.25, 0.3) is 5.65 Å². The number of carbonyl (C=O) groups excluding carboxylic acids is 2. The fraction of sp³-hybridized carbons (Fsp3) is 0.618. The third kappa shape index (κ3) is 9.49. The van der Waals surface area contributed by atoms with Gasteiger partial charge in [0.15, 0.2) is 5.78 Å². The lowest BCUT2D eigenvalue weighted by molar-refractivity contribution is -0.125. The maximum atomic E-state index is 12.8. The van der Waals surface area contributed by atoms with Crippen molar-refractivity contribution in [2.24, 2.45) is 11.3 Å². The molecule has 0 radical (unpaired) electrons. The van der Waals surface area contributed by atoms with Gasteiger partial charge in [-0.2, -0.15) is 0 Å². The number of aromatic nitrogens is 2. The highest BCUT2D eigenvalue weighted by atomic mass is 79.9. The first kappa shape index (κ1) is 36.4. The summed E-state index contributed by atoms with van der Waals surface area (Å²) in [7, 11) is 0. The molecule has 1 atom stereocenters. The summed E-state index contributed by atoms with van der Waals surface area (Å²) in [5.41, 5.74) is 4.64. The number of nitrogens with zero attached hydrogens (tertiary/aromatic N) is 3. The molecule has 0 saturated heterocycles. The Balaban J connectivity index is 0.000000285. The van der Waals surface area contributed by atoms with Crippen molar-refractivity contribution >= 4 is 76.5 Å². The number of ketones is 1. The second-order valence-corrected chi connectivity index (χ2v) is 17.8. The number of fused-ring (bicyclic) bond motifs is 1. The Morgan fingerprint density at radius 2 is 1.70 bits per heavy atom. The number of imidazole rings is 1. The van der Waals surface area contributed by atoms with Crippen LogP contribution >= 0.6 is 59.1 Å². The SMILES string of the molecule is CC(C)(C)C(=O)C(Br)CC1CCCCC1.CCN(CC)C(=O)c1ccn2c(Cc3c(Br)csc3Br)c(C(C)(C)C)nc2c1. The molecule has 9 heteroatoms. The zero-order valence-corrected chi connectivity index (χ0v) is 32.6. The van der Waals surface area contributed by atoms with Crippen LogP contribution in [-0.2, 0) is 16.6 Å². The average molecular weight is 803 g/mol. The van der Waals surface area contributed by atoms with Crippen molar-refractivity contribution in [2.75, 3.05) is 13.1 Å². The number of thiophene rings is 1. The summed E-state index contributed by atoms with van der Waals surface area (Å²) < 4.78 is 4.35. The van der Waals surface area contributed by atoms with Crippen molar-refractivity contribution in [1.82, 2.24) is 14.3 Å². The van der Waals surface area contributed by atoms with Gasteiger partial charge in [-0.25, -0.2) is 4.98 Å². The zero-order chi connectivity index (χ0) is 32.1. The van der Waals surface area contributed by atoms with E-state index in [4.69, 9.17) is 4.98 Å². The van der Waals surface area contributed by atoms with Crippen LogP contribution in [0.4, 0.5) is 0 Å². The predicted molar refractivity (Wildman–Crippen MR) is 192 cm³/mol. The van der Waals surface area contributed by atoms with Gasteiger partial charge in [-0.1, -0.05) is 89.6 Å². The number of halogens is 3. The predicted octanol–water partition coefficient (Wildman–Crippen LogP) is 10.6. The summed E-state index contributed by atoms with van der Waals surface area (Å²) in [4.78, 5) is 31.6. The molecule has 0 spiro atoms. The standard InChI is InChI=1S/C21H25Br2N3OS.C13H23BrO/c1-6-25(7-2)20(27)13-8-9-26-16(11-14-15(22)12-28-19(14)23)18(21(3,4)5)24-17(26)10-13;1-13(2,3)12(15)11(14)9-10-7-5-4-6-8-10/h8-10,12H,6-7,11H2,1-5H3;10-11H,4-9H2,1-3H3. The van der Waals surface area contributed by atoms with Crippen LogP contribution < -0.4 is 0 Å². The lowest BCUT2D eigenvalue weighted by Gasteiger charge is -2.26. The maximum Gasteiger partial charge on any atom is 0.254 e. The molecule has 0 bridgehead atoms. The Morgan fingerprint density at radius 3 is 2.21 bits per heavy atom. The van der Waals surface area contributed by atoms with Crippen molar-refractivity contribution in [1.29, 1.82) is 0 Å². The Bertz CT molecular complexity index is 1370. The molecule has 4 rings (SSSR count). The summed E-state index contributed by atoms with van der Waals surface area (Å²) in [6, 6.07) is 3.82. The number of hydrogen-bond donors (Lipinski definition) is 0. The quantitative estimate of drug-likeness (QED) is 0.213. The van der Waals surface area contributed by atoms with Crippen molar-refractivity contribution in [2.45, 2.75) is 111 Å². The molecule has 3 aromatic heterocycles. The number of alkyl halides is 1. The number of hydrogen-bond acceptors (Lipinski definition) is 4. The van der Waals surface area contributed by atoms with Gasteiger partial charge in [0, 0.05) is 52.0 Å². The molecule has 238 valence electrons. The number of rotatable bonds is 8. The van der Waals surface area contributed by atoms with E-state index < -0.39 is 0 Å². The third-order valence-electron chi connectivity index (χ3n) is 8.16. The number of Topliss-reactive ketones (excluding diaryl/α,β-unsaturated/α-hetero) is 1. The minimum atomic E-state index is -0.206. The summed E-state index contributed by atoms with van der Waals surface area (Å²) in [5.74, 6) is 1.18. The van der Waals surface area contributed by atoms with Crippen LogP contribution in [0.2, 0.25) is 0 Å². The van der Waals surface area contributed by atoms with Gasteiger partial charge in [-0.05, 0) is 75.7 Å². The molecule has 5 nitrogen and oxygen atoms in total. The molecule has 1 amide bonds. The van der Waals surface area contributed by atoms with Crippen LogP contribution in [-0.4, -0.2) is 43.9 Å². The minimum Gasteiger partial charge on any atom is -0.339 e. The highest BCUT2D eigenvalue weighted by Gasteiger charge is 2.30. The van der Waals surface area contributed by atoms with E-state index in [0.717, 1.165) is 44.1 Å². The second kappa shape index (κ2) is 15.5. The molecular formula is C34H48Br3N3O2S. The Labute approximate surface area is 288 Å². The molecule has 1 fully saturated rings.